The first-order valence-electron chi connectivity index (χ1n) is 15.2. The highest BCUT2D eigenvalue weighted by atomic mass is 19.1. The zero-order valence-electron chi connectivity index (χ0n) is 24.0. The Labute approximate surface area is 248 Å². The number of ether oxygens (including phenoxy) is 3. The Morgan fingerprint density at radius 2 is 1.40 bits per heavy atom. The van der Waals surface area contributed by atoms with Crippen molar-refractivity contribution >= 4 is 0 Å². The fourth-order valence-corrected chi connectivity index (χ4v) is 6.59. The summed E-state index contributed by atoms with van der Waals surface area (Å²) in [5.41, 5.74) is 6.16. The molecular formula is C37H39FO4. The molecular weight excluding hydrogens is 527 g/mol. The fourth-order valence-electron chi connectivity index (χ4n) is 6.59. The molecule has 1 N–H and O–H groups in total. The smallest absolute Gasteiger partial charge is 0.123 e. The summed E-state index contributed by atoms with van der Waals surface area (Å²) in [6.45, 7) is 1.02. The second kappa shape index (κ2) is 13.5. The third-order valence-electron chi connectivity index (χ3n) is 8.73. The lowest BCUT2D eigenvalue weighted by molar-refractivity contribution is -0.0112. The molecule has 0 aromatic heterocycles. The normalized spacial score (nSPS) is 21.9. The number of aliphatic hydroxyl groups excluding tert-OH is 1. The lowest BCUT2D eigenvalue weighted by Crippen LogP contribution is -2.29. The van der Waals surface area contributed by atoms with Crippen molar-refractivity contribution < 1.29 is 23.7 Å². The van der Waals surface area contributed by atoms with E-state index in [4.69, 9.17) is 19.3 Å². The van der Waals surface area contributed by atoms with E-state index < -0.39 is 0 Å². The van der Waals surface area contributed by atoms with Crippen LogP contribution in [0.4, 0.5) is 4.39 Å². The summed E-state index contributed by atoms with van der Waals surface area (Å²) in [6, 6.07) is 32.3. The van der Waals surface area contributed by atoms with Crippen LogP contribution < -0.4 is 9.47 Å². The van der Waals surface area contributed by atoms with E-state index in [0.717, 1.165) is 61.2 Å². The molecule has 0 aliphatic heterocycles. The monoisotopic (exact) mass is 566 g/mol. The van der Waals surface area contributed by atoms with Gasteiger partial charge >= 0.3 is 0 Å². The van der Waals surface area contributed by atoms with Crippen molar-refractivity contribution in [1.82, 2.24) is 0 Å². The number of hydrogen-bond donors (Lipinski definition) is 1. The summed E-state index contributed by atoms with van der Waals surface area (Å²) in [5.74, 6) is 1.96. The van der Waals surface area contributed by atoms with Crippen molar-refractivity contribution in [2.75, 3.05) is 13.2 Å². The van der Waals surface area contributed by atoms with Crippen LogP contribution in [0, 0.1) is 5.82 Å². The summed E-state index contributed by atoms with van der Waals surface area (Å²) in [6.07, 6.45) is 6.15. The topological polar surface area (TPSA) is 47.9 Å². The molecule has 218 valence electrons. The van der Waals surface area contributed by atoms with Gasteiger partial charge in [0.1, 0.15) is 23.9 Å². The van der Waals surface area contributed by atoms with Gasteiger partial charge in [-0.3, -0.25) is 0 Å². The molecule has 42 heavy (non-hydrogen) atoms. The van der Waals surface area contributed by atoms with Crippen molar-refractivity contribution in [2.45, 2.75) is 69.2 Å². The van der Waals surface area contributed by atoms with Gasteiger partial charge in [0.05, 0.1) is 25.4 Å². The first-order valence-corrected chi connectivity index (χ1v) is 15.2. The Hall–Kier alpha value is -3.67. The van der Waals surface area contributed by atoms with Gasteiger partial charge in [-0.15, -0.1) is 0 Å². The van der Waals surface area contributed by atoms with Crippen LogP contribution >= 0.6 is 0 Å². The molecule has 5 heteroatoms. The molecule has 2 aliphatic rings. The number of fused-ring (bicyclic) bond motifs is 1. The molecule has 4 nitrogen and oxygen atoms in total. The molecule has 2 atom stereocenters. The molecule has 4 aromatic rings. The number of aliphatic hydroxyl groups is 1. The van der Waals surface area contributed by atoms with Crippen molar-refractivity contribution in [2.24, 2.45) is 0 Å². The van der Waals surface area contributed by atoms with Crippen LogP contribution in [0.2, 0.25) is 0 Å². The minimum atomic E-state index is -0.206. The molecule has 0 amide bonds. The van der Waals surface area contributed by atoms with Gasteiger partial charge in [-0.1, -0.05) is 60.7 Å². The first-order chi connectivity index (χ1) is 20.7. The van der Waals surface area contributed by atoms with Crippen LogP contribution in [0.1, 0.15) is 71.8 Å². The molecule has 1 fully saturated rings. The molecule has 2 unspecified atom stereocenters. The van der Waals surface area contributed by atoms with E-state index in [2.05, 4.69) is 54.6 Å². The first kappa shape index (κ1) is 28.4. The van der Waals surface area contributed by atoms with E-state index in [1.165, 1.54) is 16.7 Å². The molecule has 0 spiro atoms. The second-order valence-corrected chi connectivity index (χ2v) is 11.5. The SMILES string of the molecule is OCCOC1CCC(Oc2ccc(C3c4ccc(OCc5ccccc5)cc4CCC3c3ccc(F)cc3)cc2)CC1. The number of benzene rings is 4. The van der Waals surface area contributed by atoms with Crippen LogP contribution in [0.25, 0.3) is 0 Å². The van der Waals surface area contributed by atoms with Crippen molar-refractivity contribution in [3.8, 4) is 11.5 Å². The van der Waals surface area contributed by atoms with Gasteiger partial charge in [0, 0.05) is 5.92 Å². The van der Waals surface area contributed by atoms with Crippen LogP contribution in [0.15, 0.2) is 97.1 Å². The van der Waals surface area contributed by atoms with E-state index >= 15 is 0 Å². The van der Waals surface area contributed by atoms with Crippen molar-refractivity contribution in [3.05, 3.63) is 131 Å². The van der Waals surface area contributed by atoms with E-state index in [1.54, 1.807) is 12.1 Å². The maximum Gasteiger partial charge on any atom is 0.123 e. The van der Waals surface area contributed by atoms with Crippen LogP contribution in [-0.2, 0) is 17.8 Å². The largest absolute Gasteiger partial charge is 0.490 e. The van der Waals surface area contributed by atoms with E-state index in [9.17, 15) is 4.39 Å². The highest BCUT2D eigenvalue weighted by Gasteiger charge is 2.32. The summed E-state index contributed by atoms with van der Waals surface area (Å²) in [7, 11) is 0. The Kier molecular flexibility index (Phi) is 9.17. The third-order valence-corrected chi connectivity index (χ3v) is 8.73. The zero-order chi connectivity index (χ0) is 28.7. The van der Waals surface area contributed by atoms with Gasteiger partial charge in [0.2, 0.25) is 0 Å². The summed E-state index contributed by atoms with van der Waals surface area (Å²) >= 11 is 0. The predicted octanol–water partition coefficient (Wildman–Crippen LogP) is 7.97. The molecule has 4 aromatic carbocycles. The van der Waals surface area contributed by atoms with E-state index in [0.29, 0.717) is 13.2 Å². The van der Waals surface area contributed by atoms with Gasteiger partial charge in [0.15, 0.2) is 0 Å². The minimum absolute atomic E-state index is 0.0689. The lowest BCUT2D eigenvalue weighted by Gasteiger charge is -2.35. The Morgan fingerprint density at radius 3 is 2.14 bits per heavy atom. The maximum atomic E-state index is 13.8. The number of hydrogen-bond acceptors (Lipinski definition) is 4. The number of aryl methyl sites for hydroxylation is 1. The van der Waals surface area contributed by atoms with Gasteiger partial charge in [-0.2, -0.15) is 0 Å². The highest BCUT2D eigenvalue weighted by molar-refractivity contribution is 5.48. The standard InChI is InChI=1S/C37H39FO4/c38-30-11-6-27(7-12-30)35-20-10-29-24-34(41-25-26-4-2-1-3-5-26)19-21-36(29)37(35)28-8-13-32(14-9-28)42-33-17-15-31(16-18-33)40-23-22-39/h1-9,11-14,19,21,24,31,33,35,37,39H,10,15-18,20,22-23,25H2. The Bertz CT molecular complexity index is 1410. The fraction of sp³-hybridized carbons (Fsp3) is 0.351. The number of halogens is 1. The average molecular weight is 567 g/mol. The van der Waals surface area contributed by atoms with Gasteiger partial charge in [0.25, 0.3) is 0 Å². The van der Waals surface area contributed by atoms with Crippen LogP contribution in [0.3, 0.4) is 0 Å². The third kappa shape index (κ3) is 6.86. The van der Waals surface area contributed by atoms with E-state index in [-0.39, 0.29) is 36.5 Å². The van der Waals surface area contributed by atoms with Crippen LogP contribution in [0.5, 0.6) is 11.5 Å². The summed E-state index contributed by atoms with van der Waals surface area (Å²) in [5, 5.41) is 9.01. The summed E-state index contributed by atoms with van der Waals surface area (Å²) < 4.78 is 32.0. The Balaban J connectivity index is 1.20. The van der Waals surface area contributed by atoms with Crippen molar-refractivity contribution in [3.63, 3.8) is 0 Å². The maximum absolute atomic E-state index is 13.8. The molecule has 1 saturated carbocycles. The molecule has 0 radical (unpaired) electrons. The predicted molar refractivity (Wildman–Crippen MR) is 163 cm³/mol. The average Bonchev–Trinajstić information content (AvgIpc) is 3.04. The van der Waals surface area contributed by atoms with E-state index in [1.807, 2.05) is 30.3 Å². The van der Waals surface area contributed by atoms with Crippen molar-refractivity contribution in [1.29, 1.82) is 0 Å². The lowest BCUT2D eigenvalue weighted by atomic mass is 9.69. The molecule has 0 bridgehead atoms. The molecule has 2 aliphatic carbocycles. The highest BCUT2D eigenvalue weighted by Crippen LogP contribution is 2.47. The molecule has 0 heterocycles. The number of rotatable bonds is 10. The van der Waals surface area contributed by atoms with Gasteiger partial charge in [-0.25, -0.2) is 4.39 Å². The van der Waals surface area contributed by atoms with Gasteiger partial charge < -0.3 is 19.3 Å². The second-order valence-electron chi connectivity index (χ2n) is 11.5. The van der Waals surface area contributed by atoms with Gasteiger partial charge in [-0.05, 0) is 109 Å². The zero-order valence-corrected chi connectivity index (χ0v) is 24.0. The molecule has 6 rings (SSSR count). The molecule has 0 saturated heterocycles. The quantitative estimate of drug-likeness (QED) is 0.212. The minimum Gasteiger partial charge on any atom is -0.490 e. The summed E-state index contributed by atoms with van der Waals surface area (Å²) in [4.78, 5) is 0. The van der Waals surface area contributed by atoms with Crippen LogP contribution in [-0.4, -0.2) is 30.5 Å². The Morgan fingerprint density at radius 1 is 0.714 bits per heavy atom.